The van der Waals surface area contributed by atoms with Crippen molar-refractivity contribution in [2.24, 2.45) is 0 Å². The van der Waals surface area contributed by atoms with E-state index in [0.29, 0.717) is 17.7 Å². The smallest absolute Gasteiger partial charge is 0.238 e. The predicted molar refractivity (Wildman–Crippen MR) is 52.0 cm³/mol. The molecule has 0 bridgehead atoms. The van der Waals surface area contributed by atoms with Crippen LogP contribution in [0.2, 0.25) is 0 Å². The first-order valence-electron chi connectivity index (χ1n) is 4.08. The lowest BCUT2D eigenvalue weighted by atomic mass is 10.1. The zero-order chi connectivity index (χ0) is 10.6. The Hall–Kier alpha value is -1.68. The number of nitrogens with zero attached hydrogens (tertiary/aromatic N) is 1. The van der Waals surface area contributed by atoms with Gasteiger partial charge in [0, 0.05) is 5.56 Å². The molecule has 0 saturated carbocycles. The van der Waals surface area contributed by atoms with E-state index in [0.717, 1.165) is 5.06 Å². The molecular formula is C10H11NO3. The van der Waals surface area contributed by atoms with Gasteiger partial charge in [0.1, 0.15) is 0 Å². The molecule has 4 nitrogen and oxygen atoms in total. The van der Waals surface area contributed by atoms with E-state index >= 15 is 0 Å². The Morgan fingerprint density at radius 3 is 2.29 bits per heavy atom. The molecule has 0 aromatic heterocycles. The highest BCUT2D eigenvalue weighted by atomic mass is 16.7. The third-order valence-corrected chi connectivity index (χ3v) is 1.82. The van der Waals surface area contributed by atoms with Crippen LogP contribution in [0.5, 0.6) is 0 Å². The second-order valence-corrected chi connectivity index (χ2v) is 2.72. The molecule has 0 heterocycles. The van der Waals surface area contributed by atoms with E-state index in [1.54, 1.807) is 24.3 Å². The van der Waals surface area contributed by atoms with Crippen LogP contribution in [-0.4, -0.2) is 19.3 Å². The molecule has 1 aromatic carbocycles. The summed E-state index contributed by atoms with van der Waals surface area (Å²) in [6, 6.07) is 6.59. The summed E-state index contributed by atoms with van der Waals surface area (Å²) in [5, 5.41) is 1.07. The number of hydroxylamine groups is 1. The lowest BCUT2D eigenvalue weighted by Crippen LogP contribution is -2.18. The summed E-state index contributed by atoms with van der Waals surface area (Å²) in [6.07, 6.45) is 0.558. The van der Waals surface area contributed by atoms with Crippen LogP contribution in [0.1, 0.15) is 17.3 Å². The van der Waals surface area contributed by atoms with Gasteiger partial charge < -0.3 is 0 Å². The highest BCUT2D eigenvalue weighted by Crippen LogP contribution is 2.13. The summed E-state index contributed by atoms with van der Waals surface area (Å²) >= 11 is 0. The van der Waals surface area contributed by atoms with Crippen molar-refractivity contribution in [2.45, 2.75) is 6.92 Å². The van der Waals surface area contributed by atoms with E-state index in [-0.39, 0.29) is 5.78 Å². The summed E-state index contributed by atoms with van der Waals surface area (Å²) < 4.78 is 0. The molecule has 0 radical (unpaired) electrons. The molecule has 0 aliphatic heterocycles. The van der Waals surface area contributed by atoms with Gasteiger partial charge in [0.25, 0.3) is 0 Å². The van der Waals surface area contributed by atoms with Crippen LogP contribution >= 0.6 is 0 Å². The maximum Gasteiger partial charge on any atom is 0.238 e. The van der Waals surface area contributed by atoms with Gasteiger partial charge in [0.05, 0.1) is 12.8 Å². The maximum absolute atomic E-state index is 11.0. The van der Waals surface area contributed by atoms with Crippen LogP contribution < -0.4 is 5.06 Å². The number of ketones is 1. The summed E-state index contributed by atoms with van der Waals surface area (Å²) in [4.78, 5) is 26.2. The van der Waals surface area contributed by atoms with Crippen molar-refractivity contribution in [3.05, 3.63) is 29.8 Å². The van der Waals surface area contributed by atoms with E-state index in [4.69, 9.17) is 4.84 Å². The number of rotatable bonds is 4. The molecule has 74 valence electrons. The molecule has 0 unspecified atom stereocenters. The SMILES string of the molecule is CON(C=O)c1ccc(C(C)=O)cc1. The van der Waals surface area contributed by atoms with Gasteiger partial charge in [-0.1, -0.05) is 0 Å². The van der Waals surface area contributed by atoms with E-state index in [1.807, 2.05) is 0 Å². The van der Waals surface area contributed by atoms with E-state index in [1.165, 1.54) is 14.0 Å². The largest absolute Gasteiger partial charge is 0.295 e. The van der Waals surface area contributed by atoms with Gasteiger partial charge in [-0.25, -0.2) is 0 Å². The summed E-state index contributed by atoms with van der Waals surface area (Å²) in [5.41, 5.74) is 1.20. The first-order chi connectivity index (χ1) is 6.69. The Kier molecular flexibility index (Phi) is 3.36. The maximum atomic E-state index is 11.0. The molecule has 0 saturated heterocycles. The zero-order valence-corrected chi connectivity index (χ0v) is 8.06. The average Bonchev–Trinajstić information content (AvgIpc) is 2.20. The Balaban J connectivity index is 2.92. The lowest BCUT2D eigenvalue weighted by molar-refractivity contribution is -0.112. The molecule has 1 rings (SSSR count). The van der Waals surface area contributed by atoms with Crippen LogP contribution in [0.3, 0.4) is 0 Å². The van der Waals surface area contributed by atoms with Gasteiger partial charge in [0.15, 0.2) is 5.78 Å². The molecule has 0 atom stereocenters. The molecule has 1 amide bonds. The number of anilines is 1. The fraction of sp³-hybridized carbons (Fsp3) is 0.200. The molecule has 4 heteroatoms. The highest BCUT2D eigenvalue weighted by Gasteiger charge is 2.04. The van der Waals surface area contributed by atoms with Crippen LogP contribution in [0, 0.1) is 0 Å². The number of amides is 1. The third-order valence-electron chi connectivity index (χ3n) is 1.82. The molecule has 1 aromatic rings. The van der Waals surface area contributed by atoms with Crippen molar-refractivity contribution in [1.29, 1.82) is 0 Å². The third kappa shape index (κ3) is 2.17. The van der Waals surface area contributed by atoms with Crippen LogP contribution in [0.15, 0.2) is 24.3 Å². The van der Waals surface area contributed by atoms with Gasteiger partial charge in [-0.3, -0.25) is 14.4 Å². The number of Topliss-reactive ketones (excluding diaryl/α,β-unsaturated/α-hetero) is 1. The van der Waals surface area contributed by atoms with E-state index in [9.17, 15) is 9.59 Å². The van der Waals surface area contributed by atoms with Crippen LogP contribution in [0.25, 0.3) is 0 Å². The first-order valence-corrected chi connectivity index (χ1v) is 4.08. The normalized spacial score (nSPS) is 9.57. The summed E-state index contributed by atoms with van der Waals surface area (Å²) in [5.74, 6) is -0.00776. The fourth-order valence-electron chi connectivity index (χ4n) is 1.05. The minimum atomic E-state index is -0.00776. The standard InChI is InChI=1S/C10H11NO3/c1-8(13)9-3-5-10(6-4-9)11(7-12)14-2/h3-7H,1-2H3. The zero-order valence-electron chi connectivity index (χ0n) is 8.06. The lowest BCUT2D eigenvalue weighted by Gasteiger charge is -2.13. The predicted octanol–water partition coefficient (Wildman–Crippen LogP) is 1.41. The van der Waals surface area contributed by atoms with Gasteiger partial charge in [0.2, 0.25) is 6.41 Å². The van der Waals surface area contributed by atoms with E-state index < -0.39 is 0 Å². The number of hydrogen-bond acceptors (Lipinski definition) is 3. The van der Waals surface area contributed by atoms with Gasteiger partial charge in [-0.05, 0) is 31.2 Å². The summed E-state index contributed by atoms with van der Waals surface area (Å²) in [6.45, 7) is 1.49. The second kappa shape index (κ2) is 4.53. The topological polar surface area (TPSA) is 46.6 Å². The Morgan fingerprint density at radius 1 is 1.36 bits per heavy atom. The van der Waals surface area contributed by atoms with Crippen molar-refractivity contribution in [2.75, 3.05) is 12.2 Å². The quantitative estimate of drug-likeness (QED) is 0.412. The van der Waals surface area contributed by atoms with E-state index in [2.05, 4.69) is 0 Å². The van der Waals surface area contributed by atoms with Crippen LogP contribution in [0.4, 0.5) is 5.69 Å². The number of carbonyl (C=O) groups excluding carboxylic acids is 2. The Morgan fingerprint density at radius 2 is 1.93 bits per heavy atom. The molecule has 0 aliphatic carbocycles. The Bertz CT molecular complexity index is 332. The highest BCUT2D eigenvalue weighted by molar-refractivity contribution is 5.94. The number of benzene rings is 1. The minimum absolute atomic E-state index is 0.00776. The molecular weight excluding hydrogens is 182 g/mol. The molecule has 0 N–H and O–H groups in total. The monoisotopic (exact) mass is 193 g/mol. The van der Waals surface area contributed by atoms with Gasteiger partial charge in [-0.2, -0.15) is 5.06 Å². The van der Waals surface area contributed by atoms with Crippen molar-refractivity contribution in [1.82, 2.24) is 0 Å². The number of hydrogen-bond donors (Lipinski definition) is 0. The van der Waals surface area contributed by atoms with Crippen molar-refractivity contribution in [3.63, 3.8) is 0 Å². The van der Waals surface area contributed by atoms with Crippen molar-refractivity contribution in [3.8, 4) is 0 Å². The van der Waals surface area contributed by atoms with Crippen molar-refractivity contribution >= 4 is 17.9 Å². The first kappa shape index (κ1) is 10.4. The second-order valence-electron chi connectivity index (χ2n) is 2.72. The Labute approximate surface area is 82.0 Å². The fourth-order valence-corrected chi connectivity index (χ4v) is 1.05. The van der Waals surface area contributed by atoms with Crippen LogP contribution in [-0.2, 0) is 9.63 Å². The molecule has 14 heavy (non-hydrogen) atoms. The summed E-state index contributed by atoms with van der Waals surface area (Å²) in [7, 11) is 1.40. The molecule has 0 fully saturated rings. The van der Waals surface area contributed by atoms with Gasteiger partial charge >= 0.3 is 0 Å². The molecule has 0 spiro atoms. The molecule has 0 aliphatic rings. The minimum Gasteiger partial charge on any atom is -0.295 e. The number of carbonyl (C=O) groups is 2. The van der Waals surface area contributed by atoms with Gasteiger partial charge in [-0.15, -0.1) is 0 Å². The average molecular weight is 193 g/mol. The van der Waals surface area contributed by atoms with Crippen molar-refractivity contribution < 1.29 is 14.4 Å².